The fourth-order valence-corrected chi connectivity index (χ4v) is 3.24. The molecule has 0 atom stereocenters. The third-order valence-electron chi connectivity index (χ3n) is 3.82. The third kappa shape index (κ3) is 3.18. The van der Waals surface area contributed by atoms with Crippen LogP contribution < -0.4 is 5.56 Å². The molecule has 0 fully saturated rings. The maximum Gasteiger partial charge on any atom is 0.258 e. The second-order valence-corrected chi connectivity index (χ2v) is 6.52. The Morgan fingerprint density at radius 2 is 1.96 bits per heavy atom. The summed E-state index contributed by atoms with van der Waals surface area (Å²) in [6.45, 7) is 1.95. The van der Waals surface area contributed by atoms with Crippen LogP contribution in [0.4, 0.5) is 0 Å². The number of thioether (sulfide) groups is 1. The van der Waals surface area contributed by atoms with Crippen molar-refractivity contribution in [3.8, 4) is 5.69 Å². The number of para-hydroxylation sites is 2. The quantitative estimate of drug-likeness (QED) is 0.573. The van der Waals surface area contributed by atoms with Crippen LogP contribution in [0.1, 0.15) is 11.4 Å². The van der Waals surface area contributed by atoms with E-state index in [2.05, 4.69) is 20.1 Å². The van der Waals surface area contributed by atoms with E-state index in [1.807, 2.05) is 49.4 Å². The smallest absolute Gasteiger partial charge is 0.258 e. The zero-order valence-corrected chi connectivity index (χ0v) is 14.3. The Labute approximate surface area is 148 Å². The van der Waals surface area contributed by atoms with Crippen LogP contribution in [0.5, 0.6) is 0 Å². The summed E-state index contributed by atoms with van der Waals surface area (Å²) < 4.78 is 1.73. The highest BCUT2D eigenvalue weighted by atomic mass is 32.2. The van der Waals surface area contributed by atoms with Crippen LogP contribution in [-0.4, -0.2) is 24.7 Å². The van der Waals surface area contributed by atoms with Gasteiger partial charge in [-0.15, -0.1) is 5.10 Å². The van der Waals surface area contributed by atoms with Crippen molar-refractivity contribution in [1.82, 2.24) is 24.7 Å². The minimum atomic E-state index is -0.118. The first-order valence-corrected chi connectivity index (χ1v) is 8.78. The Kier molecular flexibility index (Phi) is 4.07. The molecule has 0 aliphatic carbocycles. The lowest BCUT2D eigenvalue weighted by Crippen LogP contribution is -2.11. The van der Waals surface area contributed by atoms with Crippen LogP contribution in [0.15, 0.2) is 64.8 Å². The van der Waals surface area contributed by atoms with Crippen molar-refractivity contribution in [1.29, 1.82) is 0 Å². The molecule has 6 nitrogen and oxygen atoms in total. The molecular weight excluding hydrogens is 334 g/mol. The maximum atomic E-state index is 12.2. The Hall–Kier alpha value is -2.93. The van der Waals surface area contributed by atoms with Crippen molar-refractivity contribution in [3.63, 3.8) is 0 Å². The predicted molar refractivity (Wildman–Crippen MR) is 98.0 cm³/mol. The number of hydrogen-bond acceptors (Lipinski definition) is 5. The van der Waals surface area contributed by atoms with E-state index in [0.717, 1.165) is 16.8 Å². The highest BCUT2D eigenvalue weighted by Crippen LogP contribution is 2.19. The highest BCUT2D eigenvalue weighted by molar-refractivity contribution is 7.98. The number of nitrogens with one attached hydrogen (secondary N) is 1. The Morgan fingerprint density at radius 3 is 2.80 bits per heavy atom. The predicted octanol–water partition coefficient (Wildman–Crippen LogP) is 3.10. The highest BCUT2D eigenvalue weighted by Gasteiger charge is 2.08. The molecule has 2 aromatic carbocycles. The molecule has 2 aromatic heterocycles. The SMILES string of the molecule is Cc1cccc2c(=O)[nH]c(CSc3ncn(-c4ccccc4)n3)nc12. The molecule has 0 aliphatic heterocycles. The lowest BCUT2D eigenvalue weighted by Gasteiger charge is -2.04. The van der Waals surface area contributed by atoms with Crippen molar-refractivity contribution in [2.45, 2.75) is 17.8 Å². The summed E-state index contributed by atoms with van der Waals surface area (Å²) in [7, 11) is 0. The average molecular weight is 349 g/mol. The molecule has 0 spiro atoms. The molecule has 0 amide bonds. The van der Waals surface area contributed by atoms with E-state index in [1.54, 1.807) is 17.1 Å². The monoisotopic (exact) mass is 349 g/mol. The summed E-state index contributed by atoms with van der Waals surface area (Å²) in [5, 5.41) is 5.69. The van der Waals surface area contributed by atoms with Crippen molar-refractivity contribution in [2.75, 3.05) is 0 Å². The second-order valence-electron chi connectivity index (χ2n) is 5.58. The van der Waals surface area contributed by atoms with E-state index < -0.39 is 0 Å². The number of aromatic amines is 1. The molecule has 124 valence electrons. The Bertz CT molecular complexity index is 1090. The van der Waals surface area contributed by atoms with Gasteiger partial charge >= 0.3 is 0 Å². The third-order valence-corrected chi connectivity index (χ3v) is 4.68. The zero-order valence-electron chi connectivity index (χ0n) is 13.5. The first kappa shape index (κ1) is 15.6. The standard InChI is InChI=1S/C18H15N5OS/c1-12-6-5-9-14-16(12)20-15(21-17(14)24)10-25-18-19-11-23(22-18)13-7-3-2-4-8-13/h2-9,11H,10H2,1H3,(H,20,21,24). The van der Waals surface area contributed by atoms with Gasteiger partial charge in [-0.05, 0) is 30.7 Å². The second kappa shape index (κ2) is 6.52. The summed E-state index contributed by atoms with van der Waals surface area (Å²) in [4.78, 5) is 23.9. The van der Waals surface area contributed by atoms with Gasteiger partial charge < -0.3 is 4.98 Å². The van der Waals surface area contributed by atoms with E-state index >= 15 is 0 Å². The normalized spacial score (nSPS) is 11.1. The van der Waals surface area contributed by atoms with Gasteiger partial charge in [-0.2, -0.15) is 0 Å². The number of nitrogens with zero attached hydrogens (tertiary/aromatic N) is 4. The topological polar surface area (TPSA) is 76.5 Å². The van der Waals surface area contributed by atoms with E-state index in [1.165, 1.54) is 11.8 Å². The maximum absolute atomic E-state index is 12.2. The summed E-state index contributed by atoms with van der Waals surface area (Å²) >= 11 is 1.44. The van der Waals surface area contributed by atoms with Gasteiger partial charge in [0.1, 0.15) is 12.2 Å². The van der Waals surface area contributed by atoms with Crippen LogP contribution in [0, 0.1) is 6.92 Å². The van der Waals surface area contributed by atoms with Gasteiger partial charge in [0.2, 0.25) is 5.16 Å². The zero-order chi connectivity index (χ0) is 17.2. The first-order valence-electron chi connectivity index (χ1n) is 7.79. The fourth-order valence-electron chi connectivity index (χ4n) is 2.57. The molecule has 0 unspecified atom stereocenters. The number of hydrogen-bond donors (Lipinski definition) is 1. The molecule has 25 heavy (non-hydrogen) atoms. The summed E-state index contributed by atoms with van der Waals surface area (Å²) in [5.74, 6) is 1.12. The van der Waals surface area contributed by atoms with Crippen LogP contribution in [0.25, 0.3) is 16.6 Å². The van der Waals surface area contributed by atoms with Crippen molar-refractivity contribution < 1.29 is 0 Å². The molecule has 0 aliphatic rings. The van der Waals surface area contributed by atoms with Gasteiger partial charge in [-0.3, -0.25) is 4.79 Å². The van der Waals surface area contributed by atoms with Gasteiger partial charge in [0.15, 0.2) is 0 Å². The molecule has 2 heterocycles. The van der Waals surface area contributed by atoms with Crippen LogP contribution in [0.3, 0.4) is 0 Å². The fraction of sp³-hybridized carbons (Fsp3) is 0.111. The van der Waals surface area contributed by atoms with Gasteiger partial charge in [0, 0.05) is 0 Å². The molecule has 0 saturated heterocycles. The van der Waals surface area contributed by atoms with Crippen molar-refractivity contribution in [2.24, 2.45) is 0 Å². The number of aromatic nitrogens is 5. The lowest BCUT2D eigenvalue weighted by molar-refractivity contribution is 0.834. The first-order chi connectivity index (χ1) is 12.2. The summed E-state index contributed by atoms with van der Waals surface area (Å²) in [6.07, 6.45) is 1.68. The van der Waals surface area contributed by atoms with Crippen molar-refractivity contribution >= 4 is 22.7 Å². The number of fused-ring (bicyclic) bond motifs is 1. The molecule has 4 aromatic rings. The van der Waals surface area contributed by atoms with Crippen LogP contribution >= 0.6 is 11.8 Å². The molecule has 0 saturated carbocycles. The minimum Gasteiger partial charge on any atom is -0.309 e. The number of aryl methyl sites for hydroxylation is 1. The van der Waals surface area contributed by atoms with Gasteiger partial charge in [0.25, 0.3) is 5.56 Å². The molecular formula is C18H15N5OS. The number of rotatable bonds is 4. The van der Waals surface area contributed by atoms with Gasteiger partial charge in [-0.25, -0.2) is 14.6 Å². The lowest BCUT2D eigenvalue weighted by atomic mass is 10.1. The largest absolute Gasteiger partial charge is 0.309 e. The van der Waals surface area contributed by atoms with Crippen LogP contribution in [0.2, 0.25) is 0 Å². The minimum absolute atomic E-state index is 0.118. The Morgan fingerprint density at radius 1 is 1.12 bits per heavy atom. The average Bonchev–Trinajstić information content (AvgIpc) is 3.11. The number of H-pyrrole nitrogens is 1. The van der Waals surface area contributed by atoms with E-state index in [-0.39, 0.29) is 5.56 Å². The number of benzene rings is 2. The molecule has 1 N–H and O–H groups in total. The molecule has 4 rings (SSSR count). The summed E-state index contributed by atoms with van der Waals surface area (Å²) in [6, 6.07) is 15.4. The van der Waals surface area contributed by atoms with E-state index in [4.69, 9.17) is 0 Å². The van der Waals surface area contributed by atoms with E-state index in [9.17, 15) is 4.79 Å². The molecule has 0 bridgehead atoms. The summed E-state index contributed by atoms with van der Waals surface area (Å²) in [5.41, 5.74) is 2.56. The molecule has 0 radical (unpaired) electrons. The van der Waals surface area contributed by atoms with Crippen molar-refractivity contribution in [3.05, 3.63) is 76.6 Å². The van der Waals surface area contributed by atoms with E-state index in [0.29, 0.717) is 22.1 Å². The van der Waals surface area contributed by atoms with Gasteiger partial charge in [-0.1, -0.05) is 42.1 Å². The Balaban J connectivity index is 1.56. The van der Waals surface area contributed by atoms with Crippen LogP contribution in [-0.2, 0) is 5.75 Å². The molecule has 7 heteroatoms. The van der Waals surface area contributed by atoms with Gasteiger partial charge in [0.05, 0.1) is 22.3 Å².